The maximum Gasteiger partial charge on any atom is 0.245 e. The van der Waals surface area contributed by atoms with Gasteiger partial charge in [-0.15, -0.1) is 0 Å². The molecule has 0 amide bonds. The normalized spacial score (nSPS) is 11.7. The zero-order valence-corrected chi connectivity index (χ0v) is 21.4. The van der Waals surface area contributed by atoms with Gasteiger partial charge in [0, 0.05) is 38.4 Å². The van der Waals surface area contributed by atoms with Crippen molar-refractivity contribution in [3.05, 3.63) is 113 Å². The van der Waals surface area contributed by atoms with Crippen molar-refractivity contribution >= 4 is 48.8 Å². The number of unbranched alkanes of at least 4 members (excludes halogenated alkanes) is 2. The number of nitrogens with zero attached hydrogens (tertiary/aromatic N) is 3. The van der Waals surface area contributed by atoms with E-state index < -0.39 is 0 Å². The van der Waals surface area contributed by atoms with Crippen LogP contribution < -0.4 is 4.57 Å². The summed E-state index contributed by atoms with van der Waals surface area (Å²) in [6.45, 7) is 2.96. The molecule has 2 aromatic heterocycles. The maximum absolute atomic E-state index is 3.71. The Kier molecular flexibility index (Phi) is 6.13. The molecule has 0 unspecified atom stereocenters. The second kappa shape index (κ2) is 9.71. The van der Waals surface area contributed by atoms with Crippen molar-refractivity contribution in [3.63, 3.8) is 0 Å². The number of halogens is 1. The molecule has 0 fully saturated rings. The van der Waals surface area contributed by atoms with Crippen LogP contribution in [0.15, 0.2) is 108 Å². The molecule has 174 valence electrons. The molecule has 0 aliphatic carbocycles. The topological polar surface area (TPSA) is 13.7 Å². The van der Waals surface area contributed by atoms with Crippen LogP contribution >= 0.6 is 15.9 Å². The molecule has 2 heterocycles. The van der Waals surface area contributed by atoms with Crippen LogP contribution in [0.4, 0.5) is 0 Å². The van der Waals surface area contributed by atoms with E-state index in [9.17, 15) is 0 Å². The number of benzene rings is 4. The second-order valence-corrected chi connectivity index (χ2v) is 10.1. The number of fused-ring (bicyclic) bond motifs is 4. The summed E-state index contributed by atoms with van der Waals surface area (Å²) in [5.41, 5.74) is 6.58. The number of hydrogen-bond acceptors (Lipinski definition) is 0. The summed E-state index contributed by atoms with van der Waals surface area (Å²) in [6.07, 6.45) is 5.85. The Morgan fingerprint density at radius 1 is 0.600 bits per heavy atom. The highest BCUT2D eigenvalue weighted by Gasteiger charge is 2.16. The molecule has 0 bridgehead atoms. The van der Waals surface area contributed by atoms with Crippen molar-refractivity contribution in [1.82, 2.24) is 9.13 Å². The highest BCUT2D eigenvalue weighted by atomic mass is 79.9. The molecular weight excluding hydrogens is 494 g/mol. The minimum atomic E-state index is 0.864. The fraction of sp³-hybridized carbons (Fsp3) is 0.194. The lowest BCUT2D eigenvalue weighted by Crippen LogP contribution is -2.33. The predicted octanol–water partition coefficient (Wildman–Crippen LogP) is 7.72. The van der Waals surface area contributed by atoms with Gasteiger partial charge in [-0.2, -0.15) is 0 Å². The van der Waals surface area contributed by atoms with E-state index in [1.807, 2.05) is 0 Å². The van der Waals surface area contributed by atoms with Crippen LogP contribution in [0.5, 0.6) is 0 Å². The van der Waals surface area contributed by atoms with E-state index in [1.165, 1.54) is 57.7 Å². The Labute approximate surface area is 214 Å². The summed E-state index contributed by atoms with van der Waals surface area (Å²) in [6, 6.07) is 34.8. The molecule has 6 aromatic rings. The molecule has 0 atom stereocenters. The smallest absolute Gasteiger partial charge is 0.245 e. The summed E-state index contributed by atoms with van der Waals surface area (Å²) in [5.74, 6) is 0. The summed E-state index contributed by atoms with van der Waals surface area (Å²) < 4.78 is 8.45. The van der Waals surface area contributed by atoms with E-state index >= 15 is 0 Å². The van der Waals surface area contributed by atoms with Crippen LogP contribution in [0.1, 0.15) is 24.8 Å². The van der Waals surface area contributed by atoms with E-state index in [4.69, 9.17) is 0 Å². The van der Waals surface area contributed by atoms with Gasteiger partial charge in [0.15, 0.2) is 11.0 Å². The van der Waals surface area contributed by atoms with Crippen molar-refractivity contribution in [2.45, 2.75) is 38.9 Å². The monoisotopic (exact) mass is 522 g/mol. The molecule has 6 rings (SSSR count). The van der Waals surface area contributed by atoms with Gasteiger partial charge in [0.05, 0.1) is 6.54 Å². The van der Waals surface area contributed by atoms with Gasteiger partial charge >= 0.3 is 0 Å². The lowest BCUT2D eigenvalue weighted by molar-refractivity contribution is -0.663. The average Bonchev–Trinajstić information content (AvgIpc) is 3.41. The van der Waals surface area contributed by atoms with Gasteiger partial charge in [-0.1, -0.05) is 82.7 Å². The van der Waals surface area contributed by atoms with Crippen LogP contribution in [0, 0.1) is 0 Å². The minimum absolute atomic E-state index is 0.864. The third kappa shape index (κ3) is 4.28. The largest absolute Gasteiger partial charge is 0.340 e. The van der Waals surface area contributed by atoms with Crippen molar-refractivity contribution < 1.29 is 4.57 Å². The zero-order chi connectivity index (χ0) is 23.6. The molecule has 0 aliphatic rings. The fourth-order valence-electron chi connectivity index (χ4n) is 5.33. The van der Waals surface area contributed by atoms with Gasteiger partial charge in [-0.3, -0.25) is 0 Å². The maximum atomic E-state index is 3.71. The SMILES string of the molecule is Brc1ccccc1C[n+]1cn(CCCCCn2c3ccccc3c3ccccc32)c2ccccc21. The van der Waals surface area contributed by atoms with Crippen molar-refractivity contribution in [1.29, 1.82) is 0 Å². The highest BCUT2D eigenvalue weighted by molar-refractivity contribution is 9.10. The Morgan fingerprint density at radius 3 is 1.94 bits per heavy atom. The summed E-state index contributed by atoms with van der Waals surface area (Å²) in [5, 5.41) is 2.72. The second-order valence-electron chi connectivity index (χ2n) is 9.26. The van der Waals surface area contributed by atoms with Gasteiger partial charge in [0.1, 0.15) is 6.54 Å². The molecule has 4 heteroatoms. The van der Waals surface area contributed by atoms with Gasteiger partial charge in [-0.25, -0.2) is 9.13 Å². The van der Waals surface area contributed by atoms with E-state index in [2.05, 4.69) is 133 Å². The third-order valence-corrected chi connectivity index (χ3v) is 7.81. The average molecular weight is 523 g/mol. The third-order valence-electron chi connectivity index (χ3n) is 7.04. The number of aryl methyl sites for hydroxylation is 2. The Bertz CT molecular complexity index is 1570. The van der Waals surface area contributed by atoms with E-state index in [-0.39, 0.29) is 0 Å². The standard InChI is InChI=1S/C31H29BrN3/c32-27-15-5-2-12-24(27)22-34-23-33(30-18-8-9-19-31(30)34)20-10-1-11-21-35-28-16-6-3-13-25(28)26-14-4-7-17-29(26)35/h2-9,12-19,23H,1,10-11,20-22H2/q+1. The number of rotatable bonds is 8. The molecular formula is C31H29BrN3+. The van der Waals surface area contributed by atoms with E-state index in [0.29, 0.717) is 0 Å². The van der Waals surface area contributed by atoms with Crippen LogP contribution in [0.3, 0.4) is 0 Å². The first-order chi connectivity index (χ1) is 17.3. The fourth-order valence-corrected chi connectivity index (χ4v) is 5.74. The molecule has 35 heavy (non-hydrogen) atoms. The van der Waals surface area contributed by atoms with Crippen LogP contribution in [0.2, 0.25) is 0 Å². The first-order valence-corrected chi connectivity index (χ1v) is 13.3. The van der Waals surface area contributed by atoms with Gasteiger partial charge < -0.3 is 4.57 Å². The first kappa shape index (κ1) is 22.1. The summed E-state index contributed by atoms with van der Waals surface area (Å²) >= 11 is 3.71. The van der Waals surface area contributed by atoms with Crippen molar-refractivity contribution in [2.75, 3.05) is 0 Å². The van der Waals surface area contributed by atoms with E-state index in [1.54, 1.807) is 0 Å². The van der Waals surface area contributed by atoms with E-state index in [0.717, 1.165) is 24.1 Å². The Morgan fingerprint density at radius 2 is 1.20 bits per heavy atom. The lowest BCUT2D eigenvalue weighted by atomic mass is 10.2. The molecule has 0 aliphatic heterocycles. The predicted molar refractivity (Wildman–Crippen MR) is 149 cm³/mol. The molecule has 0 saturated heterocycles. The molecule has 0 radical (unpaired) electrons. The summed E-state index contributed by atoms with van der Waals surface area (Å²) in [7, 11) is 0. The highest BCUT2D eigenvalue weighted by Crippen LogP contribution is 2.29. The Hall–Kier alpha value is -3.37. The Balaban J connectivity index is 1.15. The van der Waals surface area contributed by atoms with Crippen molar-refractivity contribution in [2.24, 2.45) is 0 Å². The van der Waals surface area contributed by atoms with Crippen LogP contribution in [-0.4, -0.2) is 9.13 Å². The number of para-hydroxylation sites is 4. The molecule has 0 spiro atoms. The lowest BCUT2D eigenvalue weighted by Gasteiger charge is -2.07. The first-order valence-electron chi connectivity index (χ1n) is 12.5. The number of hydrogen-bond donors (Lipinski definition) is 0. The quantitative estimate of drug-likeness (QED) is 0.143. The molecule has 0 saturated carbocycles. The number of imidazole rings is 1. The van der Waals surface area contributed by atoms with Gasteiger partial charge in [0.2, 0.25) is 6.33 Å². The van der Waals surface area contributed by atoms with Crippen molar-refractivity contribution in [3.8, 4) is 0 Å². The molecule has 3 nitrogen and oxygen atoms in total. The molecule has 0 N–H and O–H groups in total. The van der Waals surface area contributed by atoms with Gasteiger partial charge in [0.25, 0.3) is 0 Å². The summed E-state index contributed by atoms with van der Waals surface area (Å²) in [4.78, 5) is 0. The van der Waals surface area contributed by atoms with Gasteiger partial charge in [-0.05, 0) is 49.6 Å². The van der Waals surface area contributed by atoms with Crippen LogP contribution in [-0.2, 0) is 19.6 Å². The number of aromatic nitrogens is 3. The van der Waals surface area contributed by atoms with Crippen LogP contribution in [0.25, 0.3) is 32.8 Å². The molecule has 4 aromatic carbocycles. The zero-order valence-electron chi connectivity index (χ0n) is 19.8. The minimum Gasteiger partial charge on any atom is -0.340 e.